The molecule has 0 atom stereocenters. The second-order valence-corrected chi connectivity index (χ2v) is 10.2. The molecule has 1 amide bonds. The van der Waals surface area contributed by atoms with E-state index in [0.717, 1.165) is 11.1 Å². The predicted octanol–water partition coefficient (Wildman–Crippen LogP) is 3.70. The maximum Gasteiger partial charge on any atom is 0.253 e. The van der Waals surface area contributed by atoms with Gasteiger partial charge in [0.15, 0.2) is 5.78 Å². The monoisotopic (exact) mass is 466 g/mol. The molecule has 1 aliphatic heterocycles. The molecule has 0 radical (unpaired) electrons. The number of hydrogen-bond donors (Lipinski definition) is 0. The minimum Gasteiger partial charge on any atom is -0.336 e. The summed E-state index contributed by atoms with van der Waals surface area (Å²) in [5.74, 6) is -0.288. The molecule has 3 aromatic carbocycles. The van der Waals surface area contributed by atoms with Crippen LogP contribution in [0.1, 0.15) is 26.3 Å². The van der Waals surface area contributed by atoms with Crippen molar-refractivity contribution in [1.82, 2.24) is 9.21 Å². The minimum atomic E-state index is -3.65. The molecule has 1 fully saturated rings. The second-order valence-electron chi connectivity index (χ2n) is 7.79. The summed E-state index contributed by atoms with van der Waals surface area (Å²) in [6.07, 6.45) is 0. The van der Waals surface area contributed by atoms with Gasteiger partial charge in [-0.25, -0.2) is 8.42 Å². The summed E-state index contributed by atoms with van der Waals surface area (Å²) in [6, 6.07) is 18.6. The van der Waals surface area contributed by atoms with E-state index in [9.17, 15) is 18.0 Å². The van der Waals surface area contributed by atoms with Crippen molar-refractivity contribution >= 4 is 33.3 Å². The molecule has 3 aromatic rings. The second kappa shape index (κ2) is 7.85. The third-order valence-electron chi connectivity index (χ3n) is 5.95. The Balaban J connectivity index is 1.31. The van der Waals surface area contributed by atoms with Crippen molar-refractivity contribution in [2.45, 2.75) is 4.90 Å². The Morgan fingerprint density at radius 2 is 1.41 bits per heavy atom. The first kappa shape index (κ1) is 20.9. The summed E-state index contributed by atoms with van der Waals surface area (Å²) >= 11 is 5.86. The molecule has 1 heterocycles. The number of hydrogen-bond acceptors (Lipinski definition) is 4. The summed E-state index contributed by atoms with van der Waals surface area (Å²) in [6.45, 7) is 0.950. The van der Waals surface area contributed by atoms with Gasteiger partial charge < -0.3 is 4.90 Å². The standard InChI is InChI=1S/C24H19ClN2O4S/c25-17-6-8-18(9-7-17)32(30,31)27-13-11-26(12-14-27)24(29)16-5-10-20-19-3-1-2-4-21(19)23(28)22(20)15-16/h1-10,15H,11-14H2. The van der Waals surface area contributed by atoms with Crippen LogP contribution in [0, 0.1) is 0 Å². The van der Waals surface area contributed by atoms with Crippen LogP contribution in [0.2, 0.25) is 5.02 Å². The third-order valence-corrected chi connectivity index (χ3v) is 8.12. The lowest BCUT2D eigenvalue weighted by Gasteiger charge is -2.34. The highest BCUT2D eigenvalue weighted by atomic mass is 35.5. The average Bonchev–Trinajstić information content (AvgIpc) is 3.11. The number of sulfonamides is 1. The van der Waals surface area contributed by atoms with Crippen LogP contribution >= 0.6 is 11.6 Å². The summed E-state index contributed by atoms with van der Waals surface area (Å²) in [7, 11) is -3.65. The Labute approximate surface area is 191 Å². The van der Waals surface area contributed by atoms with Gasteiger partial charge in [0.05, 0.1) is 4.90 Å². The molecule has 0 saturated carbocycles. The molecule has 1 saturated heterocycles. The molecule has 162 valence electrons. The van der Waals surface area contributed by atoms with Gasteiger partial charge in [-0.2, -0.15) is 4.31 Å². The first-order chi connectivity index (χ1) is 15.4. The van der Waals surface area contributed by atoms with E-state index in [-0.39, 0.29) is 42.8 Å². The van der Waals surface area contributed by atoms with Crippen molar-refractivity contribution in [3.05, 3.63) is 88.4 Å². The van der Waals surface area contributed by atoms with E-state index < -0.39 is 10.0 Å². The predicted molar refractivity (Wildman–Crippen MR) is 121 cm³/mol. The van der Waals surface area contributed by atoms with Crippen LogP contribution in [-0.4, -0.2) is 55.5 Å². The Bertz CT molecular complexity index is 1340. The Hall–Kier alpha value is -3.00. The molecule has 0 aromatic heterocycles. The maximum atomic E-state index is 13.1. The lowest BCUT2D eigenvalue weighted by Crippen LogP contribution is -2.50. The molecule has 0 N–H and O–H groups in total. The van der Waals surface area contributed by atoms with Crippen LogP contribution in [-0.2, 0) is 10.0 Å². The van der Waals surface area contributed by atoms with Crippen molar-refractivity contribution in [3.8, 4) is 11.1 Å². The van der Waals surface area contributed by atoms with Gasteiger partial charge in [0, 0.05) is 47.9 Å². The van der Waals surface area contributed by atoms with Crippen LogP contribution < -0.4 is 0 Å². The van der Waals surface area contributed by atoms with Crippen LogP contribution in [0.25, 0.3) is 11.1 Å². The fourth-order valence-corrected chi connectivity index (χ4v) is 5.78. The van der Waals surface area contributed by atoms with Gasteiger partial charge in [-0.05, 0) is 47.5 Å². The van der Waals surface area contributed by atoms with E-state index in [1.807, 2.05) is 24.3 Å². The van der Waals surface area contributed by atoms with Gasteiger partial charge in [-0.15, -0.1) is 0 Å². The zero-order valence-electron chi connectivity index (χ0n) is 17.0. The molecule has 1 aliphatic carbocycles. The maximum absolute atomic E-state index is 13.1. The number of fused-ring (bicyclic) bond motifs is 3. The van der Waals surface area contributed by atoms with E-state index in [2.05, 4.69) is 0 Å². The molecule has 8 heteroatoms. The number of rotatable bonds is 3. The number of carbonyl (C=O) groups excluding carboxylic acids is 2. The molecule has 32 heavy (non-hydrogen) atoms. The van der Waals surface area contributed by atoms with Gasteiger partial charge in [0.1, 0.15) is 0 Å². The quantitative estimate of drug-likeness (QED) is 0.461. The van der Waals surface area contributed by atoms with Gasteiger partial charge in [-0.3, -0.25) is 9.59 Å². The molecule has 5 rings (SSSR count). The van der Waals surface area contributed by atoms with E-state index in [1.165, 1.54) is 16.4 Å². The molecule has 0 bridgehead atoms. The first-order valence-electron chi connectivity index (χ1n) is 10.2. The number of ketones is 1. The Morgan fingerprint density at radius 1 is 0.781 bits per heavy atom. The van der Waals surface area contributed by atoms with Crippen LogP contribution in [0.3, 0.4) is 0 Å². The number of carbonyl (C=O) groups is 2. The normalized spacial score (nSPS) is 16.0. The van der Waals surface area contributed by atoms with Gasteiger partial charge in [-0.1, -0.05) is 41.9 Å². The SMILES string of the molecule is O=C1c2ccccc2-c2ccc(C(=O)N3CCN(S(=O)(=O)c4ccc(Cl)cc4)CC3)cc21. The highest BCUT2D eigenvalue weighted by molar-refractivity contribution is 7.89. The van der Waals surface area contributed by atoms with E-state index in [4.69, 9.17) is 11.6 Å². The van der Waals surface area contributed by atoms with Crippen molar-refractivity contribution in [2.24, 2.45) is 0 Å². The largest absolute Gasteiger partial charge is 0.336 e. The zero-order valence-corrected chi connectivity index (χ0v) is 18.6. The molecular formula is C24H19ClN2O4S. The number of halogens is 1. The van der Waals surface area contributed by atoms with Crippen molar-refractivity contribution in [2.75, 3.05) is 26.2 Å². The van der Waals surface area contributed by atoms with Crippen LogP contribution in [0.15, 0.2) is 71.6 Å². The summed E-state index contributed by atoms with van der Waals surface area (Å²) in [5.41, 5.74) is 3.32. The number of amides is 1. The number of nitrogens with zero attached hydrogens (tertiary/aromatic N) is 2. The van der Waals surface area contributed by atoms with Gasteiger partial charge in [0.2, 0.25) is 10.0 Å². The first-order valence-corrected chi connectivity index (χ1v) is 12.0. The molecular weight excluding hydrogens is 448 g/mol. The summed E-state index contributed by atoms with van der Waals surface area (Å²) in [5, 5.41) is 0.468. The molecule has 2 aliphatic rings. The molecule has 0 spiro atoms. The highest BCUT2D eigenvalue weighted by Crippen LogP contribution is 2.37. The zero-order chi connectivity index (χ0) is 22.5. The summed E-state index contributed by atoms with van der Waals surface area (Å²) < 4.78 is 27.1. The van der Waals surface area contributed by atoms with E-state index >= 15 is 0 Å². The van der Waals surface area contributed by atoms with Crippen LogP contribution in [0.5, 0.6) is 0 Å². The number of piperazine rings is 1. The average molecular weight is 467 g/mol. The lowest BCUT2D eigenvalue weighted by molar-refractivity contribution is 0.0698. The van der Waals surface area contributed by atoms with Crippen LogP contribution in [0.4, 0.5) is 0 Å². The lowest BCUT2D eigenvalue weighted by atomic mass is 10.0. The smallest absolute Gasteiger partial charge is 0.253 e. The third kappa shape index (κ3) is 3.43. The van der Waals surface area contributed by atoms with E-state index in [1.54, 1.807) is 35.2 Å². The van der Waals surface area contributed by atoms with E-state index in [0.29, 0.717) is 21.7 Å². The topological polar surface area (TPSA) is 74.8 Å². The van der Waals surface area contributed by atoms with Crippen molar-refractivity contribution in [1.29, 1.82) is 0 Å². The van der Waals surface area contributed by atoms with Gasteiger partial charge in [0.25, 0.3) is 5.91 Å². The van der Waals surface area contributed by atoms with Gasteiger partial charge >= 0.3 is 0 Å². The Kier molecular flexibility index (Phi) is 5.12. The molecule has 0 unspecified atom stereocenters. The fraction of sp³-hybridized carbons (Fsp3) is 0.167. The molecule has 6 nitrogen and oxygen atoms in total. The van der Waals surface area contributed by atoms with Crippen molar-refractivity contribution < 1.29 is 18.0 Å². The minimum absolute atomic E-state index is 0.0795. The number of benzene rings is 3. The summed E-state index contributed by atoms with van der Waals surface area (Å²) in [4.78, 5) is 27.6. The van der Waals surface area contributed by atoms with Crippen molar-refractivity contribution in [3.63, 3.8) is 0 Å². The fourth-order valence-electron chi connectivity index (χ4n) is 4.23. The Morgan fingerprint density at radius 3 is 2.09 bits per heavy atom. The highest BCUT2D eigenvalue weighted by Gasteiger charge is 2.32.